The maximum Gasteiger partial charge on any atom is 0.216 e. The minimum Gasteiger partial charge on any atom is -0.505 e. The van der Waals surface area contributed by atoms with Crippen LogP contribution >= 0.6 is 0 Å². The van der Waals surface area contributed by atoms with Crippen LogP contribution in [-0.2, 0) is 4.74 Å². The van der Waals surface area contributed by atoms with Gasteiger partial charge in [0.1, 0.15) is 11.3 Å². The van der Waals surface area contributed by atoms with Gasteiger partial charge >= 0.3 is 0 Å². The molecule has 0 saturated carbocycles. The number of pyridine rings is 2. The van der Waals surface area contributed by atoms with Gasteiger partial charge in [-0.05, 0) is 25.1 Å². The molecule has 2 aromatic heterocycles. The summed E-state index contributed by atoms with van der Waals surface area (Å²) < 4.78 is 5.32. The second kappa shape index (κ2) is 8.84. The molecule has 152 valence electrons. The molecule has 1 aliphatic heterocycles. The monoisotopic (exact) mass is 394 g/mol. The molecule has 1 aliphatic rings. The molecule has 29 heavy (non-hydrogen) atoms. The second-order valence-corrected chi connectivity index (χ2v) is 7.09. The van der Waals surface area contributed by atoms with Crippen LogP contribution in [-0.4, -0.2) is 69.2 Å². The highest BCUT2D eigenvalue weighted by atomic mass is 16.6. The molecule has 0 bridgehead atoms. The third-order valence-corrected chi connectivity index (χ3v) is 5.38. The zero-order valence-electron chi connectivity index (χ0n) is 16.5. The largest absolute Gasteiger partial charge is 0.505 e. The molecule has 0 amide bonds. The van der Waals surface area contributed by atoms with Crippen molar-refractivity contribution < 1.29 is 14.9 Å². The summed E-state index contributed by atoms with van der Waals surface area (Å²) in [5, 5.41) is 22.1. The standard InChI is InChI=1S/C22H26N4O3/c1-2-29-22(28)26-14-12-25(13-15-26)20(18-7-3-4-10-23-18)17-9-8-16-6-5-11-24-19(16)21(17)27/h3-11,20,22,27-28H,2,12-15H2,1H3. The fraction of sp³-hybridized carbons (Fsp3) is 0.364. The van der Waals surface area contributed by atoms with Crippen LogP contribution in [0.4, 0.5) is 0 Å². The van der Waals surface area contributed by atoms with Crippen molar-refractivity contribution in [1.82, 2.24) is 19.8 Å². The summed E-state index contributed by atoms with van der Waals surface area (Å²) >= 11 is 0. The van der Waals surface area contributed by atoms with Gasteiger partial charge in [-0.3, -0.25) is 19.8 Å². The minimum atomic E-state index is -0.881. The number of ether oxygens (including phenoxy) is 1. The Balaban J connectivity index is 1.67. The maximum atomic E-state index is 11.0. The molecule has 1 aromatic carbocycles. The molecule has 4 rings (SSSR count). The molecule has 3 aromatic rings. The Bertz CT molecular complexity index is 945. The number of phenolic OH excluding ortho intramolecular Hbond substituents is 1. The predicted molar refractivity (Wildman–Crippen MR) is 110 cm³/mol. The first-order chi connectivity index (χ1) is 14.2. The van der Waals surface area contributed by atoms with Gasteiger partial charge < -0.3 is 14.9 Å². The maximum absolute atomic E-state index is 11.0. The van der Waals surface area contributed by atoms with Gasteiger partial charge in [-0.2, -0.15) is 0 Å². The molecule has 2 unspecified atom stereocenters. The number of aromatic hydroxyl groups is 1. The SMILES string of the molecule is CCOC(O)N1CCN(C(c2ccccn2)c2ccc3cccnc3c2O)CC1. The summed E-state index contributed by atoms with van der Waals surface area (Å²) in [5.41, 5.74) is 2.25. The number of fused-ring (bicyclic) bond motifs is 1. The van der Waals surface area contributed by atoms with Crippen LogP contribution in [0, 0.1) is 0 Å². The molecular weight excluding hydrogens is 368 g/mol. The number of benzene rings is 1. The Kier molecular flexibility index (Phi) is 6.01. The van der Waals surface area contributed by atoms with E-state index in [1.807, 2.05) is 54.3 Å². The fourth-order valence-electron chi connectivity index (χ4n) is 3.92. The van der Waals surface area contributed by atoms with E-state index < -0.39 is 6.41 Å². The van der Waals surface area contributed by atoms with E-state index in [0.717, 1.165) is 16.6 Å². The summed E-state index contributed by atoms with van der Waals surface area (Å²) in [6, 6.07) is 13.4. The predicted octanol–water partition coefficient (Wildman–Crippen LogP) is 2.35. The summed E-state index contributed by atoms with van der Waals surface area (Å²) in [6.45, 7) is 5.09. The number of rotatable bonds is 6. The van der Waals surface area contributed by atoms with Gasteiger partial charge in [0.15, 0.2) is 0 Å². The van der Waals surface area contributed by atoms with Crippen LogP contribution in [0.1, 0.15) is 24.2 Å². The zero-order chi connectivity index (χ0) is 20.2. The van der Waals surface area contributed by atoms with Crippen LogP contribution in [0.15, 0.2) is 54.9 Å². The van der Waals surface area contributed by atoms with Crippen molar-refractivity contribution in [2.24, 2.45) is 0 Å². The van der Waals surface area contributed by atoms with Crippen molar-refractivity contribution in [3.8, 4) is 5.75 Å². The van der Waals surface area contributed by atoms with Crippen molar-refractivity contribution in [3.63, 3.8) is 0 Å². The Morgan fingerprint density at radius 2 is 1.72 bits per heavy atom. The van der Waals surface area contributed by atoms with Gasteiger partial charge in [0.2, 0.25) is 6.41 Å². The van der Waals surface area contributed by atoms with Gasteiger partial charge in [-0.1, -0.05) is 24.3 Å². The van der Waals surface area contributed by atoms with Crippen molar-refractivity contribution in [2.75, 3.05) is 32.8 Å². The number of piperazine rings is 1. The molecule has 2 atom stereocenters. The number of hydrogen-bond donors (Lipinski definition) is 2. The minimum absolute atomic E-state index is 0.190. The summed E-state index contributed by atoms with van der Waals surface area (Å²) in [4.78, 5) is 13.1. The molecular formula is C22H26N4O3. The number of phenols is 1. The molecule has 3 heterocycles. The number of aromatic nitrogens is 2. The van der Waals surface area contributed by atoms with E-state index in [2.05, 4.69) is 14.9 Å². The first-order valence-electron chi connectivity index (χ1n) is 9.94. The number of aliphatic hydroxyl groups excluding tert-OH is 1. The van der Waals surface area contributed by atoms with Crippen LogP contribution in [0.25, 0.3) is 10.9 Å². The van der Waals surface area contributed by atoms with Crippen molar-refractivity contribution in [2.45, 2.75) is 19.4 Å². The van der Waals surface area contributed by atoms with Crippen molar-refractivity contribution in [3.05, 3.63) is 66.1 Å². The van der Waals surface area contributed by atoms with Crippen LogP contribution in [0.3, 0.4) is 0 Å². The average Bonchev–Trinajstić information content (AvgIpc) is 2.77. The first kappa shape index (κ1) is 19.7. The molecule has 1 fully saturated rings. The van der Waals surface area contributed by atoms with E-state index in [1.165, 1.54) is 0 Å². The lowest BCUT2D eigenvalue weighted by molar-refractivity contribution is -0.199. The lowest BCUT2D eigenvalue weighted by Crippen LogP contribution is -2.52. The van der Waals surface area contributed by atoms with Crippen molar-refractivity contribution in [1.29, 1.82) is 0 Å². The highest BCUT2D eigenvalue weighted by Gasteiger charge is 2.31. The summed E-state index contributed by atoms with van der Waals surface area (Å²) in [5.74, 6) is 0.190. The van der Waals surface area contributed by atoms with Gasteiger partial charge in [0.05, 0.1) is 11.7 Å². The highest BCUT2D eigenvalue weighted by molar-refractivity contribution is 5.85. The smallest absolute Gasteiger partial charge is 0.216 e. The van der Waals surface area contributed by atoms with Gasteiger partial charge in [-0.25, -0.2) is 0 Å². The molecule has 0 spiro atoms. The first-order valence-corrected chi connectivity index (χ1v) is 9.94. The van der Waals surface area contributed by atoms with E-state index in [1.54, 1.807) is 12.4 Å². The Morgan fingerprint density at radius 3 is 2.45 bits per heavy atom. The molecule has 1 saturated heterocycles. The molecule has 7 heteroatoms. The molecule has 2 N–H and O–H groups in total. The quantitative estimate of drug-likeness (QED) is 0.621. The highest BCUT2D eigenvalue weighted by Crippen LogP contribution is 2.37. The fourth-order valence-corrected chi connectivity index (χ4v) is 3.92. The molecule has 0 aliphatic carbocycles. The lowest BCUT2D eigenvalue weighted by Gasteiger charge is -2.40. The summed E-state index contributed by atoms with van der Waals surface area (Å²) in [7, 11) is 0. The van der Waals surface area contributed by atoms with Gasteiger partial charge in [0, 0.05) is 56.1 Å². The summed E-state index contributed by atoms with van der Waals surface area (Å²) in [6.07, 6.45) is 2.58. The van der Waals surface area contributed by atoms with Crippen LogP contribution in [0.5, 0.6) is 5.75 Å². The third-order valence-electron chi connectivity index (χ3n) is 5.38. The molecule has 0 radical (unpaired) electrons. The van der Waals surface area contributed by atoms with Crippen LogP contribution in [0.2, 0.25) is 0 Å². The zero-order valence-corrected chi connectivity index (χ0v) is 16.5. The van der Waals surface area contributed by atoms with Crippen molar-refractivity contribution >= 4 is 10.9 Å². The van der Waals surface area contributed by atoms with E-state index in [0.29, 0.717) is 38.3 Å². The number of hydrogen-bond acceptors (Lipinski definition) is 7. The van der Waals surface area contributed by atoms with E-state index in [-0.39, 0.29) is 11.8 Å². The van der Waals surface area contributed by atoms with E-state index >= 15 is 0 Å². The van der Waals surface area contributed by atoms with E-state index in [4.69, 9.17) is 4.74 Å². The number of aliphatic hydroxyl groups is 1. The van der Waals surface area contributed by atoms with Gasteiger partial charge in [-0.15, -0.1) is 0 Å². The average molecular weight is 394 g/mol. The second-order valence-electron chi connectivity index (χ2n) is 7.09. The molecule has 7 nitrogen and oxygen atoms in total. The lowest BCUT2D eigenvalue weighted by atomic mass is 9.97. The van der Waals surface area contributed by atoms with Gasteiger partial charge in [0.25, 0.3) is 0 Å². The Morgan fingerprint density at radius 1 is 0.966 bits per heavy atom. The Labute approximate surface area is 170 Å². The topological polar surface area (TPSA) is 82.0 Å². The van der Waals surface area contributed by atoms with E-state index in [9.17, 15) is 10.2 Å². The normalized spacial score (nSPS) is 18.0. The Hall–Kier alpha value is -2.58. The van der Waals surface area contributed by atoms with Crippen LogP contribution < -0.4 is 0 Å². The third kappa shape index (κ3) is 4.09. The number of nitrogens with zero attached hydrogens (tertiary/aromatic N) is 4.